The highest BCUT2D eigenvalue weighted by atomic mass is 16.2. The fourth-order valence-electron chi connectivity index (χ4n) is 2.90. The largest absolute Gasteiger partial charge is 0.347 e. The van der Waals surface area contributed by atoms with Gasteiger partial charge < -0.3 is 15.1 Å². The number of hydrogen-bond donors (Lipinski definition) is 1. The van der Waals surface area contributed by atoms with Gasteiger partial charge in [0.05, 0.1) is 0 Å². The number of hydrogen-bond acceptors (Lipinski definition) is 3. The Bertz CT molecular complexity index is 508. The van der Waals surface area contributed by atoms with Gasteiger partial charge in [0.2, 0.25) is 0 Å². The van der Waals surface area contributed by atoms with Gasteiger partial charge in [0, 0.05) is 26.2 Å². The lowest BCUT2D eigenvalue weighted by Gasteiger charge is -2.31. The zero-order valence-electron chi connectivity index (χ0n) is 14.1. The molecule has 0 saturated carbocycles. The molecule has 0 spiro atoms. The number of nitrogens with zero attached hydrogens (tertiary/aromatic N) is 2. The quantitative estimate of drug-likeness (QED) is 0.829. The molecule has 1 N–H and O–H groups in total. The standard InChI is InChI=1S/C18H27N3O2/c1-20(2)13-10-19-17(22)18(23)21-11-8-16(9-12-21)14-15-6-4-3-5-7-15/h3-7,16H,8-14H2,1-2H3,(H,19,22). The van der Waals surface area contributed by atoms with Crippen LogP contribution in [0.25, 0.3) is 0 Å². The molecule has 0 aromatic heterocycles. The summed E-state index contributed by atoms with van der Waals surface area (Å²) in [4.78, 5) is 27.7. The summed E-state index contributed by atoms with van der Waals surface area (Å²) in [6.07, 6.45) is 2.98. The van der Waals surface area contributed by atoms with Crippen LogP contribution in [0, 0.1) is 5.92 Å². The predicted molar refractivity (Wildman–Crippen MR) is 91.0 cm³/mol. The van der Waals surface area contributed by atoms with Crippen LogP contribution in [0.2, 0.25) is 0 Å². The Morgan fingerprint density at radius 3 is 2.43 bits per heavy atom. The van der Waals surface area contributed by atoms with Gasteiger partial charge in [-0.15, -0.1) is 0 Å². The summed E-state index contributed by atoms with van der Waals surface area (Å²) in [5, 5.41) is 2.69. The van der Waals surface area contributed by atoms with Crippen LogP contribution in [0.5, 0.6) is 0 Å². The summed E-state index contributed by atoms with van der Waals surface area (Å²) in [6, 6.07) is 10.4. The lowest BCUT2D eigenvalue weighted by molar-refractivity contribution is -0.146. The fourth-order valence-corrected chi connectivity index (χ4v) is 2.90. The summed E-state index contributed by atoms with van der Waals surface area (Å²) >= 11 is 0. The molecule has 1 heterocycles. The van der Waals surface area contributed by atoms with E-state index in [1.54, 1.807) is 4.90 Å². The maximum Gasteiger partial charge on any atom is 0.311 e. The fraction of sp³-hybridized carbons (Fsp3) is 0.556. The van der Waals surface area contributed by atoms with Crippen molar-refractivity contribution in [1.29, 1.82) is 0 Å². The van der Waals surface area contributed by atoms with E-state index in [2.05, 4.69) is 29.6 Å². The Hall–Kier alpha value is -1.88. The van der Waals surface area contributed by atoms with Crippen molar-refractivity contribution in [2.75, 3.05) is 40.3 Å². The van der Waals surface area contributed by atoms with E-state index in [-0.39, 0.29) is 5.91 Å². The third kappa shape index (κ3) is 5.67. The van der Waals surface area contributed by atoms with Gasteiger partial charge >= 0.3 is 11.8 Å². The third-order valence-electron chi connectivity index (χ3n) is 4.31. The Morgan fingerprint density at radius 1 is 1.17 bits per heavy atom. The molecule has 0 radical (unpaired) electrons. The van der Waals surface area contributed by atoms with E-state index in [9.17, 15) is 9.59 Å². The van der Waals surface area contributed by atoms with Crippen LogP contribution in [0.1, 0.15) is 18.4 Å². The van der Waals surface area contributed by atoms with Crippen molar-refractivity contribution in [3.8, 4) is 0 Å². The Labute approximate surface area is 138 Å². The van der Waals surface area contributed by atoms with E-state index >= 15 is 0 Å². The first-order valence-corrected chi connectivity index (χ1v) is 8.32. The Balaban J connectivity index is 1.73. The number of piperidine rings is 1. The smallest absolute Gasteiger partial charge is 0.311 e. The molecule has 1 aromatic carbocycles. The van der Waals surface area contributed by atoms with E-state index in [0.29, 0.717) is 25.6 Å². The number of carbonyl (C=O) groups excluding carboxylic acids is 2. The number of carbonyl (C=O) groups is 2. The van der Waals surface area contributed by atoms with Crippen molar-refractivity contribution in [3.05, 3.63) is 35.9 Å². The maximum absolute atomic E-state index is 12.1. The third-order valence-corrected chi connectivity index (χ3v) is 4.31. The topological polar surface area (TPSA) is 52.7 Å². The van der Waals surface area contributed by atoms with E-state index < -0.39 is 5.91 Å². The summed E-state index contributed by atoms with van der Waals surface area (Å²) in [6.45, 7) is 2.59. The number of likely N-dealkylation sites (tertiary alicyclic amines) is 1. The van der Waals surface area contributed by atoms with Crippen LogP contribution in [0.4, 0.5) is 0 Å². The molecule has 5 nitrogen and oxygen atoms in total. The molecule has 0 bridgehead atoms. The normalized spacial score (nSPS) is 15.7. The van der Waals surface area contributed by atoms with E-state index in [1.807, 2.05) is 25.1 Å². The predicted octanol–water partition coefficient (Wildman–Crippen LogP) is 1.15. The number of likely N-dealkylation sites (N-methyl/N-ethyl adjacent to an activating group) is 1. The van der Waals surface area contributed by atoms with Gasteiger partial charge in [-0.1, -0.05) is 30.3 Å². The van der Waals surface area contributed by atoms with Gasteiger partial charge in [-0.2, -0.15) is 0 Å². The zero-order valence-corrected chi connectivity index (χ0v) is 14.1. The van der Waals surface area contributed by atoms with Crippen molar-refractivity contribution in [3.63, 3.8) is 0 Å². The van der Waals surface area contributed by atoms with Crippen molar-refractivity contribution in [1.82, 2.24) is 15.1 Å². The number of amides is 2. The summed E-state index contributed by atoms with van der Waals surface area (Å²) in [5.41, 5.74) is 1.35. The van der Waals surface area contributed by atoms with E-state index in [1.165, 1.54) is 5.56 Å². The molecule has 23 heavy (non-hydrogen) atoms. The van der Waals surface area contributed by atoms with E-state index in [4.69, 9.17) is 0 Å². The Kier molecular flexibility index (Phi) is 6.59. The van der Waals surface area contributed by atoms with Crippen LogP contribution in [0.3, 0.4) is 0 Å². The van der Waals surface area contributed by atoms with Crippen LogP contribution < -0.4 is 5.32 Å². The van der Waals surface area contributed by atoms with Gasteiger partial charge in [0.25, 0.3) is 0 Å². The molecule has 1 aromatic rings. The maximum atomic E-state index is 12.1. The molecular formula is C18H27N3O2. The highest BCUT2D eigenvalue weighted by Crippen LogP contribution is 2.21. The SMILES string of the molecule is CN(C)CCNC(=O)C(=O)N1CCC(Cc2ccccc2)CC1. The Morgan fingerprint density at radius 2 is 1.83 bits per heavy atom. The van der Waals surface area contributed by atoms with Gasteiger partial charge in [-0.3, -0.25) is 9.59 Å². The highest BCUT2D eigenvalue weighted by molar-refractivity contribution is 6.35. The first-order chi connectivity index (χ1) is 11.1. The molecule has 2 rings (SSSR count). The number of benzene rings is 1. The number of nitrogens with one attached hydrogen (secondary N) is 1. The van der Waals surface area contributed by atoms with Crippen molar-refractivity contribution in [2.24, 2.45) is 5.92 Å². The molecule has 126 valence electrons. The first-order valence-electron chi connectivity index (χ1n) is 8.32. The monoisotopic (exact) mass is 317 g/mol. The summed E-state index contributed by atoms with van der Waals surface area (Å²) < 4.78 is 0. The summed E-state index contributed by atoms with van der Waals surface area (Å²) in [7, 11) is 3.87. The lowest BCUT2D eigenvalue weighted by Crippen LogP contribution is -2.47. The molecule has 0 atom stereocenters. The second kappa shape index (κ2) is 8.67. The molecule has 1 aliphatic rings. The molecule has 0 unspecified atom stereocenters. The molecule has 1 saturated heterocycles. The first kappa shape index (κ1) is 17.5. The molecule has 1 aliphatic heterocycles. The van der Waals surface area contributed by atoms with Crippen LogP contribution in [0.15, 0.2) is 30.3 Å². The van der Waals surface area contributed by atoms with Gasteiger partial charge in [-0.25, -0.2) is 0 Å². The number of rotatable bonds is 5. The van der Waals surface area contributed by atoms with Crippen LogP contribution in [-0.4, -0.2) is 61.9 Å². The van der Waals surface area contributed by atoms with Crippen LogP contribution >= 0.6 is 0 Å². The molecule has 5 heteroatoms. The molecular weight excluding hydrogens is 290 g/mol. The average molecular weight is 317 g/mol. The second-order valence-corrected chi connectivity index (χ2v) is 6.48. The zero-order chi connectivity index (χ0) is 16.7. The summed E-state index contributed by atoms with van der Waals surface area (Å²) in [5.74, 6) is -0.270. The van der Waals surface area contributed by atoms with E-state index in [0.717, 1.165) is 25.8 Å². The minimum atomic E-state index is -0.478. The van der Waals surface area contributed by atoms with Gasteiger partial charge in [0.15, 0.2) is 0 Å². The minimum absolute atomic E-state index is 0.387. The highest BCUT2D eigenvalue weighted by Gasteiger charge is 2.26. The molecule has 1 fully saturated rings. The minimum Gasteiger partial charge on any atom is -0.347 e. The van der Waals surface area contributed by atoms with Crippen LogP contribution in [-0.2, 0) is 16.0 Å². The van der Waals surface area contributed by atoms with Crippen molar-refractivity contribution >= 4 is 11.8 Å². The average Bonchev–Trinajstić information content (AvgIpc) is 2.55. The molecule has 0 aliphatic carbocycles. The second-order valence-electron chi connectivity index (χ2n) is 6.48. The van der Waals surface area contributed by atoms with Gasteiger partial charge in [0.1, 0.15) is 0 Å². The van der Waals surface area contributed by atoms with Crippen molar-refractivity contribution < 1.29 is 9.59 Å². The lowest BCUT2D eigenvalue weighted by atomic mass is 9.90. The van der Waals surface area contributed by atoms with Gasteiger partial charge in [-0.05, 0) is 44.8 Å². The molecule has 2 amide bonds. The van der Waals surface area contributed by atoms with Crippen molar-refractivity contribution in [2.45, 2.75) is 19.3 Å².